The van der Waals surface area contributed by atoms with Gasteiger partial charge in [-0.05, 0) is 19.8 Å². The Labute approximate surface area is 101 Å². The van der Waals surface area contributed by atoms with Crippen LogP contribution in [0.2, 0.25) is 0 Å². The van der Waals surface area contributed by atoms with Gasteiger partial charge in [-0.25, -0.2) is 4.79 Å². The molecular formula is C13H19NO3. The first-order chi connectivity index (χ1) is 7.88. The molecule has 0 amide bonds. The third-order valence-electron chi connectivity index (χ3n) is 2.72. The summed E-state index contributed by atoms with van der Waals surface area (Å²) in [5.74, 6) is -0.120. The molecule has 1 rings (SSSR count). The highest BCUT2D eigenvalue weighted by molar-refractivity contribution is 5.90. The Morgan fingerprint density at radius 3 is 2.47 bits per heavy atom. The van der Waals surface area contributed by atoms with Crippen LogP contribution in [0.1, 0.15) is 35.6 Å². The van der Waals surface area contributed by atoms with Crippen molar-refractivity contribution in [2.24, 2.45) is 5.92 Å². The molecule has 0 aliphatic rings. The van der Waals surface area contributed by atoms with Gasteiger partial charge >= 0.3 is 5.97 Å². The molecule has 0 atom stereocenters. The Morgan fingerprint density at radius 2 is 2.00 bits per heavy atom. The van der Waals surface area contributed by atoms with Crippen molar-refractivity contribution in [1.29, 1.82) is 0 Å². The van der Waals surface area contributed by atoms with Crippen molar-refractivity contribution in [1.82, 2.24) is 4.57 Å². The van der Waals surface area contributed by atoms with Crippen molar-refractivity contribution in [3.63, 3.8) is 0 Å². The van der Waals surface area contributed by atoms with Crippen LogP contribution in [0.15, 0.2) is 10.9 Å². The van der Waals surface area contributed by atoms with Gasteiger partial charge in [-0.1, -0.05) is 13.8 Å². The second-order valence-corrected chi connectivity index (χ2v) is 4.61. The molecule has 0 saturated carbocycles. The van der Waals surface area contributed by atoms with Crippen molar-refractivity contribution in [3.8, 4) is 0 Å². The monoisotopic (exact) mass is 237 g/mol. The number of carbonyl (C=O) groups is 1. The highest BCUT2D eigenvalue weighted by Gasteiger charge is 2.17. The van der Waals surface area contributed by atoms with Gasteiger partial charge in [-0.3, -0.25) is 4.79 Å². The summed E-state index contributed by atoms with van der Waals surface area (Å²) in [5, 5.41) is 0. The van der Waals surface area contributed by atoms with E-state index in [-0.39, 0.29) is 11.0 Å². The van der Waals surface area contributed by atoms with Gasteiger partial charge in [0.05, 0.1) is 7.11 Å². The third-order valence-corrected chi connectivity index (χ3v) is 2.72. The topological polar surface area (TPSA) is 48.3 Å². The quantitative estimate of drug-likeness (QED) is 0.754. The van der Waals surface area contributed by atoms with E-state index in [0.29, 0.717) is 11.6 Å². The zero-order valence-electron chi connectivity index (χ0n) is 11.0. The molecule has 0 unspecified atom stereocenters. The maximum atomic E-state index is 11.8. The number of hydrogen-bond acceptors (Lipinski definition) is 3. The minimum atomic E-state index is -0.565. The number of nitrogens with zero attached hydrogens (tertiary/aromatic N) is 1. The second kappa shape index (κ2) is 5.17. The van der Waals surface area contributed by atoms with Crippen LogP contribution in [0.25, 0.3) is 0 Å². The van der Waals surface area contributed by atoms with Crippen LogP contribution in [-0.2, 0) is 11.3 Å². The third kappa shape index (κ3) is 2.75. The Hall–Kier alpha value is -1.58. The van der Waals surface area contributed by atoms with Crippen LogP contribution in [0, 0.1) is 19.8 Å². The molecule has 0 aliphatic carbocycles. The van der Waals surface area contributed by atoms with E-state index < -0.39 is 5.97 Å². The molecule has 94 valence electrons. The summed E-state index contributed by atoms with van der Waals surface area (Å²) in [4.78, 5) is 23.4. The number of hydrogen-bond donors (Lipinski definition) is 0. The van der Waals surface area contributed by atoms with Gasteiger partial charge in [0, 0.05) is 24.0 Å². The van der Waals surface area contributed by atoms with Crippen LogP contribution in [0.5, 0.6) is 0 Å². The van der Waals surface area contributed by atoms with E-state index in [4.69, 9.17) is 0 Å². The summed E-state index contributed by atoms with van der Waals surface area (Å²) >= 11 is 0. The smallest absolute Gasteiger partial charge is 0.343 e. The molecule has 1 aromatic rings. The Balaban J connectivity index is 3.43. The van der Waals surface area contributed by atoms with Crippen LogP contribution in [0.4, 0.5) is 0 Å². The van der Waals surface area contributed by atoms with Crippen molar-refractivity contribution in [3.05, 3.63) is 33.2 Å². The van der Waals surface area contributed by atoms with Crippen LogP contribution in [0.3, 0.4) is 0 Å². The molecule has 4 nitrogen and oxygen atoms in total. The fourth-order valence-corrected chi connectivity index (χ4v) is 1.91. The van der Waals surface area contributed by atoms with E-state index in [1.54, 1.807) is 6.92 Å². The maximum absolute atomic E-state index is 11.8. The number of ether oxygens (including phenoxy) is 1. The Kier molecular flexibility index (Phi) is 4.10. The minimum absolute atomic E-state index is 0.138. The van der Waals surface area contributed by atoms with Crippen molar-refractivity contribution >= 4 is 5.97 Å². The predicted octanol–water partition coefficient (Wildman–Crippen LogP) is 1.91. The van der Waals surface area contributed by atoms with Gasteiger partial charge in [0.1, 0.15) is 5.56 Å². The number of methoxy groups -OCH3 is 1. The summed E-state index contributed by atoms with van der Waals surface area (Å²) in [6.45, 7) is 8.62. The van der Waals surface area contributed by atoms with Crippen LogP contribution < -0.4 is 5.43 Å². The molecule has 4 heteroatoms. The van der Waals surface area contributed by atoms with Gasteiger partial charge in [-0.2, -0.15) is 0 Å². The lowest BCUT2D eigenvalue weighted by atomic mass is 10.1. The molecule has 0 spiro atoms. The van der Waals surface area contributed by atoms with Gasteiger partial charge < -0.3 is 9.30 Å². The van der Waals surface area contributed by atoms with Crippen LogP contribution >= 0.6 is 0 Å². The summed E-state index contributed by atoms with van der Waals surface area (Å²) in [6, 6.07) is 1.49. The first kappa shape index (κ1) is 13.5. The lowest BCUT2D eigenvalue weighted by Crippen LogP contribution is -2.24. The SMILES string of the molecule is COC(=O)c1c(C)n(CC(C)C)c(C)cc1=O. The molecule has 0 saturated heterocycles. The van der Waals surface area contributed by atoms with E-state index in [2.05, 4.69) is 18.6 Å². The molecule has 0 bridgehead atoms. The Morgan fingerprint density at radius 1 is 1.41 bits per heavy atom. The zero-order chi connectivity index (χ0) is 13.2. The number of carbonyl (C=O) groups excluding carboxylic acids is 1. The molecule has 1 aromatic heterocycles. The highest BCUT2D eigenvalue weighted by atomic mass is 16.5. The fraction of sp³-hybridized carbons (Fsp3) is 0.538. The molecule has 0 aliphatic heterocycles. The van der Waals surface area contributed by atoms with Crippen LogP contribution in [-0.4, -0.2) is 17.6 Å². The molecule has 17 heavy (non-hydrogen) atoms. The van der Waals surface area contributed by atoms with E-state index in [9.17, 15) is 9.59 Å². The molecule has 1 heterocycles. The second-order valence-electron chi connectivity index (χ2n) is 4.61. The van der Waals surface area contributed by atoms with E-state index in [0.717, 1.165) is 12.2 Å². The average Bonchev–Trinajstić information content (AvgIpc) is 2.23. The van der Waals surface area contributed by atoms with Crippen molar-refractivity contribution < 1.29 is 9.53 Å². The van der Waals surface area contributed by atoms with Gasteiger partial charge in [0.25, 0.3) is 0 Å². The van der Waals surface area contributed by atoms with E-state index >= 15 is 0 Å². The summed E-state index contributed by atoms with van der Waals surface area (Å²) < 4.78 is 6.63. The standard InChI is InChI=1S/C13H19NO3/c1-8(2)7-14-9(3)6-11(15)12(10(14)4)13(16)17-5/h6,8H,7H2,1-5H3. The summed E-state index contributed by atoms with van der Waals surface area (Å²) in [7, 11) is 1.29. The largest absolute Gasteiger partial charge is 0.465 e. The number of esters is 1. The number of aromatic nitrogens is 1. The maximum Gasteiger partial charge on any atom is 0.343 e. The zero-order valence-corrected chi connectivity index (χ0v) is 11.0. The lowest BCUT2D eigenvalue weighted by molar-refractivity contribution is 0.0597. The lowest BCUT2D eigenvalue weighted by Gasteiger charge is -2.18. The summed E-state index contributed by atoms with van der Waals surface area (Å²) in [5.41, 5.74) is 1.41. The molecule has 0 radical (unpaired) electrons. The number of pyridine rings is 1. The average molecular weight is 237 g/mol. The number of rotatable bonds is 3. The molecular weight excluding hydrogens is 218 g/mol. The fourth-order valence-electron chi connectivity index (χ4n) is 1.91. The number of aryl methyl sites for hydroxylation is 1. The normalized spacial score (nSPS) is 10.7. The predicted molar refractivity (Wildman–Crippen MR) is 66.4 cm³/mol. The highest BCUT2D eigenvalue weighted by Crippen LogP contribution is 2.11. The summed E-state index contributed by atoms with van der Waals surface area (Å²) in [6.07, 6.45) is 0. The van der Waals surface area contributed by atoms with Gasteiger partial charge in [-0.15, -0.1) is 0 Å². The van der Waals surface area contributed by atoms with Crippen molar-refractivity contribution in [2.45, 2.75) is 34.2 Å². The molecule has 0 fully saturated rings. The van der Waals surface area contributed by atoms with Crippen molar-refractivity contribution in [2.75, 3.05) is 7.11 Å². The minimum Gasteiger partial charge on any atom is -0.465 e. The van der Waals surface area contributed by atoms with E-state index in [1.165, 1.54) is 13.2 Å². The molecule has 0 N–H and O–H groups in total. The van der Waals surface area contributed by atoms with Gasteiger partial charge in [0.2, 0.25) is 0 Å². The first-order valence-electron chi connectivity index (χ1n) is 5.67. The van der Waals surface area contributed by atoms with E-state index in [1.807, 2.05) is 11.5 Å². The first-order valence-corrected chi connectivity index (χ1v) is 5.67. The van der Waals surface area contributed by atoms with Gasteiger partial charge in [0.15, 0.2) is 5.43 Å². The Bertz CT molecular complexity index is 486. The molecule has 0 aromatic carbocycles.